The van der Waals surface area contributed by atoms with Crippen molar-refractivity contribution in [2.75, 3.05) is 13.1 Å². The van der Waals surface area contributed by atoms with E-state index in [1.165, 1.54) is 12.3 Å². The summed E-state index contributed by atoms with van der Waals surface area (Å²) in [6, 6.07) is 1.34. The Labute approximate surface area is 103 Å². The zero-order chi connectivity index (χ0) is 12.4. The summed E-state index contributed by atoms with van der Waals surface area (Å²) in [5.74, 6) is 0.950. The van der Waals surface area contributed by atoms with Crippen LogP contribution in [0.2, 0.25) is 0 Å². The topological polar surface area (TPSA) is 63.8 Å². The lowest BCUT2D eigenvalue weighted by Crippen LogP contribution is -2.27. The molecular formula is C12H13FN4O. The number of aromatic nitrogens is 3. The minimum atomic E-state index is -0.408. The fourth-order valence-electron chi connectivity index (χ4n) is 2.13. The van der Waals surface area contributed by atoms with Gasteiger partial charge in [0.1, 0.15) is 5.82 Å². The van der Waals surface area contributed by atoms with Crippen molar-refractivity contribution >= 4 is 0 Å². The van der Waals surface area contributed by atoms with E-state index in [1.54, 1.807) is 0 Å². The fourth-order valence-corrected chi connectivity index (χ4v) is 2.13. The van der Waals surface area contributed by atoms with Crippen LogP contribution in [0.15, 0.2) is 23.0 Å². The van der Waals surface area contributed by atoms with E-state index < -0.39 is 5.82 Å². The second-order valence-corrected chi connectivity index (χ2v) is 4.37. The van der Waals surface area contributed by atoms with E-state index in [0.717, 1.165) is 32.1 Å². The van der Waals surface area contributed by atoms with Crippen LogP contribution in [-0.4, -0.2) is 28.2 Å². The van der Waals surface area contributed by atoms with Gasteiger partial charge < -0.3 is 9.84 Å². The smallest absolute Gasteiger partial charge is 0.259 e. The zero-order valence-electron chi connectivity index (χ0n) is 9.77. The van der Waals surface area contributed by atoms with Crippen molar-refractivity contribution in [1.29, 1.82) is 0 Å². The molecule has 1 aliphatic rings. The molecule has 3 heterocycles. The third-order valence-corrected chi connectivity index (χ3v) is 3.10. The highest BCUT2D eigenvalue weighted by atomic mass is 19.1. The van der Waals surface area contributed by atoms with Gasteiger partial charge in [0.25, 0.3) is 5.89 Å². The maximum Gasteiger partial charge on any atom is 0.259 e. The highest BCUT2D eigenvalue weighted by Crippen LogP contribution is 2.25. The Bertz CT molecular complexity index is 536. The molecule has 0 atom stereocenters. The maximum absolute atomic E-state index is 13.1. The fraction of sp³-hybridized carbons (Fsp3) is 0.417. The van der Waals surface area contributed by atoms with Gasteiger partial charge in [-0.1, -0.05) is 5.16 Å². The second-order valence-electron chi connectivity index (χ2n) is 4.37. The quantitative estimate of drug-likeness (QED) is 0.877. The van der Waals surface area contributed by atoms with Gasteiger partial charge in [0.15, 0.2) is 5.82 Å². The Balaban J connectivity index is 1.84. The molecule has 6 heteroatoms. The van der Waals surface area contributed by atoms with Crippen LogP contribution < -0.4 is 5.32 Å². The molecule has 5 nitrogen and oxygen atoms in total. The molecule has 1 aliphatic heterocycles. The first-order valence-corrected chi connectivity index (χ1v) is 5.98. The van der Waals surface area contributed by atoms with Crippen molar-refractivity contribution in [3.63, 3.8) is 0 Å². The van der Waals surface area contributed by atoms with Gasteiger partial charge in [-0.05, 0) is 32.0 Å². The number of hydrogen-bond donors (Lipinski definition) is 1. The Morgan fingerprint density at radius 1 is 1.28 bits per heavy atom. The van der Waals surface area contributed by atoms with Crippen LogP contribution in [-0.2, 0) is 0 Å². The summed E-state index contributed by atoms with van der Waals surface area (Å²) in [4.78, 5) is 8.10. The Morgan fingerprint density at radius 3 is 2.89 bits per heavy atom. The molecule has 94 valence electrons. The highest BCUT2D eigenvalue weighted by Gasteiger charge is 2.21. The molecule has 0 bridgehead atoms. The average Bonchev–Trinajstić information content (AvgIpc) is 2.89. The minimum absolute atomic E-state index is 0.324. The first-order chi connectivity index (χ1) is 8.83. The summed E-state index contributed by atoms with van der Waals surface area (Å²) >= 11 is 0. The molecule has 0 amide bonds. The molecule has 18 heavy (non-hydrogen) atoms. The van der Waals surface area contributed by atoms with Crippen molar-refractivity contribution in [3.05, 3.63) is 30.1 Å². The zero-order valence-corrected chi connectivity index (χ0v) is 9.77. The lowest BCUT2D eigenvalue weighted by atomic mass is 9.98. The molecule has 3 rings (SSSR count). The molecule has 0 aliphatic carbocycles. The van der Waals surface area contributed by atoms with Gasteiger partial charge in [-0.15, -0.1) is 0 Å². The standard InChI is InChI=1S/C12H13FN4O/c13-10-5-9(6-15-7-10)12-16-11(17-18-12)8-1-3-14-4-2-8/h5-8,14H,1-4H2. The molecule has 0 aromatic carbocycles. The van der Waals surface area contributed by atoms with E-state index in [4.69, 9.17) is 4.52 Å². The van der Waals surface area contributed by atoms with Gasteiger partial charge in [0, 0.05) is 12.1 Å². The number of pyridine rings is 1. The number of nitrogens with one attached hydrogen (secondary N) is 1. The third-order valence-electron chi connectivity index (χ3n) is 3.10. The lowest BCUT2D eigenvalue weighted by Gasteiger charge is -2.18. The molecular weight excluding hydrogens is 235 g/mol. The summed E-state index contributed by atoms with van der Waals surface area (Å²) in [6.07, 6.45) is 4.66. The molecule has 2 aromatic rings. The van der Waals surface area contributed by atoms with Crippen LogP contribution in [0.4, 0.5) is 4.39 Å². The normalized spacial score (nSPS) is 16.9. The Hall–Kier alpha value is -1.82. The van der Waals surface area contributed by atoms with Crippen molar-refractivity contribution in [2.45, 2.75) is 18.8 Å². The summed E-state index contributed by atoms with van der Waals surface area (Å²) in [6.45, 7) is 1.94. The SMILES string of the molecule is Fc1cncc(-c2nc(C3CCNCC3)no2)c1. The first-order valence-electron chi connectivity index (χ1n) is 5.98. The summed E-state index contributed by atoms with van der Waals surface area (Å²) in [5.41, 5.74) is 0.516. The van der Waals surface area contributed by atoms with Crippen LogP contribution in [0.25, 0.3) is 11.5 Å². The molecule has 1 saturated heterocycles. The molecule has 0 spiro atoms. The first kappa shape index (κ1) is 11.3. The summed E-state index contributed by atoms with van der Waals surface area (Å²) < 4.78 is 18.2. The number of piperidine rings is 1. The monoisotopic (exact) mass is 248 g/mol. The van der Waals surface area contributed by atoms with Gasteiger partial charge in [-0.2, -0.15) is 4.98 Å². The van der Waals surface area contributed by atoms with Crippen LogP contribution in [0.1, 0.15) is 24.6 Å². The van der Waals surface area contributed by atoms with E-state index >= 15 is 0 Å². The molecule has 1 N–H and O–H groups in total. The Morgan fingerprint density at radius 2 is 2.11 bits per heavy atom. The van der Waals surface area contributed by atoms with Crippen LogP contribution in [0, 0.1) is 5.82 Å². The predicted molar refractivity (Wildman–Crippen MR) is 62.3 cm³/mol. The number of rotatable bonds is 2. The van der Waals surface area contributed by atoms with Gasteiger partial charge in [-0.25, -0.2) is 4.39 Å². The molecule has 0 saturated carbocycles. The second kappa shape index (κ2) is 4.81. The molecule has 1 fully saturated rings. The largest absolute Gasteiger partial charge is 0.334 e. The van der Waals surface area contributed by atoms with Crippen LogP contribution in [0.5, 0.6) is 0 Å². The average molecular weight is 248 g/mol. The van der Waals surface area contributed by atoms with Crippen molar-refractivity contribution < 1.29 is 8.91 Å². The highest BCUT2D eigenvalue weighted by molar-refractivity contribution is 5.50. The van der Waals surface area contributed by atoms with Gasteiger partial charge in [0.2, 0.25) is 0 Å². The van der Waals surface area contributed by atoms with Crippen molar-refractivity contribution in [3.8, 4) is 11.5 Å². The third kappa shape index (κ3) is 2.24. The Kier molecular flexibility index (Phi) is 3.02. The van der Waals surface area contributed by atoms with Gasteiger partial charge in [-0.3, -0.25) is 4.98 Å². The van der Waals surface area contributed by atoms with Crippen LogP contribution in [0.3, 0.4) is 0 Å². The number of halogens is 1. The molecule has 2 aromatic heterocycles. The van der Waals surface area contributed by atoms with E-state index in [9.17, 15) is 4.39 Å². The predicted octanol–water partition coefficient (Wildman–Crippen LogP) is 1.74. The molecule has 0 radical (unpaired) electrons. The van der Waals surface area contributed by atoms with E-state index in [-0.39, 0.29) is 0 Å². The number of hydrogen-bond acceptors (Lipinski definition) is 5. The van der Waals surface area contributed by atoms with E-state index in [1.807, 2.05) is 0 Å². The van der Waals surface area contributed by atoms with E-state index in [2.05, 4.69) is 20.4 Å². The van der Waals surface area contributed by atoms with E-state index in [0.29, 0.717) is 23.2 Å². The van der Waals surface area contributed by atoms with Crippen LogP contribution >= 0.6 is 0 Å². The lowest BCUT2D eigenvalue weighted by molar-refractivity contribution is 0.392. The van der Waals surface area contributed by atoms with Gasteiger partial charge >= 0.3 is 0 Å². The number of nitrogens with zero attached hydrogens (tertiary/aromatic N) is 3. The minimum Gasteiger partial charge on any atom is -0.334 e. The summed E-state index contributed by atoms with van der Waals surface area (Å²) in [5, 5.41) is 7.27. The van der Waals surface area contributed by atoms with Gasteiger partial charge in [0.05, 0.1) is 11.8 Å². The maximum atomic E-state index is 13.1. The van der Waals surface area contributed by atoms with Crippen molar-refractivity contribution in [1.82, 2.24) is 20.4 Å². The molecule has 0 unspecified atom stereocenters. The summed E-state index contributed by atoms with van der Waals surface area (Å²) in [7, 11) is 0. The van der Waals surface area contributed by atoms with Crippen molar-refractivity contribution in [2.24, 2.45) is 0 Å².